The molecule has 0 unspecified atom stereocenters. The van der Waals surface area contributed by atoms with Gasteiger partial charge in [0.25, 0.3) is 0 Å². The molecule has 0 fully saturated rings. The lowest BCUT2D eigenvalue weighted by Gasteiger charge is -2.04. The van der Waals surface area contributed by atoms with Crippen LogP contribution in [0, 0.1) is 6.92 Å². The van der Waals surface area contributed by atoms with Gasteiger partial charge in [0.2, 0.25) is 0 Å². The molecule has 1 aromatic rings. The van der Waals surface area contributed by atoms with Crippen LogP contribution in [0.4, 0.5) is 0 Å². The molecule has 5 heteroatoms. The quantitative estimate of drug-likeness (QED) is 0.643. The number of hydrogen-bond donors (Lipinski definition) is 2. The van der Waals surface area contributed by atoms with Crippen LogP contribution < -0.4 is 5.32 Å². The topological polar surface area (TPSA) is 63.0 Å². The zero-order valence-electron chi connectivity index (χ0n) is 10.2. The van der Waals surface area contributed by atoms with Gasteiger partial charge in [0.15, 0.2) is 0 Å². The summed E-state index contributed by atoms with van der Waals surface area (Å²) in [7, 11) is 1.98. The lowest BCUT2D eigenvalue weighted by Crippen LogP contribution is -2.17. The Labute approximate surface area is 96.9 Å². The summed E-state index contributed by atoms with van der Waals surface area (Å²) in [5.74, 6) is 1.92. The van der Waals surface area contributed by atoms with Crippen molar-refractivity contribution in [1.29, 1.82) is 0 Å². The molecule has 16 heavy (non-hydrogen) atoms. The molecule has 0 saturated carbocycles. The van der Waals surface area contributed by atoms with Gasteiger partial charge in [-0.3, -0.25) is 0 Å². The minimum atomic E-state index is 0.311. The third kappa shape index (κ3) is 4.28. The van der Waals surface area contributed by atoms with Crippen LogP contribution in [-0.2, 0) is 13.6 Å². The average Bonchev–Trinajstić information content (AvgIpc) is 2.59. The van der Waals surface area contributed by atoms with E-state index in [9.17, 15) is 0 Å². The van der Waals surface area contributed by atoms with Crippen LogP contribution >= 0.6 is 0 Å². The van der Waals surface area contributed by atoms with Gasteiger partial charge in [0.05, 0.1) is 6.54 Å². The first-order chi connectivity index (χ1) is 7.75. The molecule has 0 bridgehead atoms. The fourth-order valence-corrected chi connectivity index (χ4v) is 1.52. The second kappa shape index (κ2) is 7.35. The molecule has 0 saturated heterocycles. The molecule has 1 rings (SSSR count). The Hall–Kier alpha value is -0.940. The van der Waals surface area contributed by atoms with E-state index >= 15 is 0 Å². The van der Waals surface area contributed by atoms with Crippen molar-refractivity contribution in [2.45, 2.75) is 39.2 Å². The third-order valence-electron chi connectivity index (χ3n) is 2.73. The van der Waals surface area contributed by atoms with Crippen LogP contribution in [0.5, 0.6) is 0 Å². The maximum atomic E-state index is 8.62. The van der Waals surface area contributed by atoms with E-state index in [0.29, 0.717) is 6.61 Å². The van der Waals surface area contributed by atoms with Crippen LogP contribution in [0.3, 0.4) is 0 Å². The summed E-state index contributed by atoms with van der Waals surface area (Å²) in [5.41, 5.74) is 0. The predicted molar refractivity (Wildman–Crippen MR) is 63.0 cm³/mol. The van der Waals surface area contributed by atoms with E-state index in [1.807, 2.05) is 18.5 Å². The van der Waals surface area contributed by atoms with Crippen molar-refractivity contribution in [1.82, 2.24) is 20.1 Å². The summed E-state index contributed by atoms with van der Waals surface area (Å²) in [4.78, 5) is 0. The molecule has 0 aliphatic rings. The highest BCUT2D eigenvalue weighted by atomic mass is 16.2. The van der Waals surface area contributed by atoms with Gasteiger partial charge >= 0.3 is 0 Å². The molecule has 5 nitrogen and oxygen atoms in total. The summed E-state index contributed by atoms with van der Waals surface area (Å²) in [5, 5.41) is 20.0. The van der Waals surface area contributed by atoms with Gasteiger partial charge in [-0.1, -0.05) is 12.8 Å². The Morgan fingerprint density at radius 2 is 1.94 bits per heavy atom. The van der Waals surface area contributed by atoms with Crippen molar-refractivity contribution in [3.05, 3.63) is 11.6 Å². The fraction of sp³-hybridized carbons (Fsp3) is 0.818. The minimum absolute atomic E-state index is 0.311. The number of nitrogens with one attached hydrogen (secondary N) is 1. The van der Waals surface area contributed by atoms with E-state index in [0.717, 1.165) is 44.0 Å². The zero-order valence-corrected chi connectivity index (χ0v) is 10.2. The highest BCUT2D eigenvalue weighted by Crippen LogP contribution is 1.99. The molecule has 0 aliphatic carbocycles. The molecule has 0 atom stereocenters. The summed E-state index contributed by atoms with van der Waals surface area (Å²) < 4.78 is 2.00. The maximum Gasteiger partial charge on any atom is 0.146 e. The number of nitrogens with zero attached hydrogens (tertiary/aromatic N) is 3. The number of unbranched alkanes of at least 4 members (excludes halogenated alkanes) is 3. The molecular weight excluding hydrogens is 204 g/mol. The van der Waals surface area contributed by atoms with E-state index < -0.39 is 0 Å². The monoisotopic (exact) mass is 226 g/mol. The number of aliphatic hydroxyl groups is 1. The highest BCUT2D eigenvalue weighted by Gasteiger charge is 2.02. The largest absolute Gasteiger partial charge is 0.396 e. The van der Waals surface area contributed by atoms with E-state index in [1.165, 1.54) is 6.42 Å². The highest BCUT2D eigenvalue weighted by molar-refractivity contribution is 4.91. The van der Waals surface area contributed by atoms with E-state index in [-0.39, 0.29) is 0 Å². The van der Waals surface area contributed by atoms with Crippen molar-refractivity contribution < 1.29 is 5.11 Å². The van der Waals surface area contributed by atoms with Gasteiger partial charge in [0.1, 0.15) is 11.6 Å². The Bertz CT molecular complexity index is 298. The Kier molecular flexibility index (Phi) is 6.03. The van der Waals surface area contributed by atoms with Gasteiger partial charge in [-0.25, -0.2) is 0 Å². The number of aromatic nitrogens is 3. The number of hydrogen-bond acceptors (Lipinski definition) is 4. The van der Waals surface area contributed by atoms with Gasteiger partial charge in [-0.2, -0.15) is 0 Å². The SMILES string of the molecule is Cc1nnc(CNCCCCCCO)n1C. The Morgan fingerprint density at radius 3 is 2.56 bits per heavy atom. The smallest absolute Gasteiger partial charge is 0.146 e. The molecular formula is C11H22N4O. The maximum absolute atomic E-state index is 8.62. The molecule has 1 aromatic heterocycles. The summed E-state index contributed by atoms with van der Waals surface area (Å²) >= 11 is 0. The van der Waals surface area contributed by atoms with Crippen molar-refractivity contribution in [3.8, 4) is 0 Å². The first-order valence-electron chi connectivity index (χ1n) is 5.92. The summed E-state index contributed by atoms with van der Waals surface area (Å²) in [6.45, 7) is 4.03. The third-order valence-corrected chi connectivity index (χ3v) is 2.73. The number of rotatable bonds is 8. The molecule has 0 amide bonds. The summed E-state index contributed by atoms with van der Waals surface area (Å²) in [6, 6.07) is 0. The Balaban J connectivity index is 2.05. The van der Waals surface area contributed by atoms with Crippen LogP contribution in [0.25, 0.3) is 0 Å². The van der Waals surface area contributed by atoms with Crippen molar-refractivity contribution in [2.24, 2.45) is 7.05 Å². The first-order valence-corrected chi connectivity index (χ1v) is 5.92. The van der Waals surface area contributed by atoms with Gasteiger partial charge in [0, 0.05) is 13.7 Å². The first kappa shape index (κ1) is 13.1. The second-order valence-electron chi connectivity index (χ2n) is 4.04. The van der Waals surface area contributed by atoms with E-state index in [1.54, 1.807) is 0 Å². The van der Waals surface area contributed by atoms with Gasteiger partial charge in [-0.05, 0) is 26.3 Å². The standard InChI is InChI=1S/C11H22N4O/c1-10-13-14-11(15(10)2)9-12-7-5-3-4-6-8-16/h12,16H,3-9H2,1-2H3. The molecule has 1 heterocycles. The molecule has 0 spiro atoms. The minimum Gasteiger partial charge on any atom is -0.396 e. The number of aliphatic hydroxyl groups excluding tert-OH is 1. The van der Waals surface area contributed by atoms with Crippen molar-refractivity contribution in [2.75, 3.05) is 13.2 Å². The zero-order chi connectivity index (χ0) is 11.8. The van der Waals surface area contributed by atoms with E-state index in [2.05, 4.69) is 15.5 Å². The van der Waals surface area contributed by atoms with Crippen molar-refractivity contribution in [3.63, 3.8) is 0 Å². The van der Waals surface area contributed by atoms with E-state index in [4.69, 9.17) is 5.11 Å². The lowest BCUT2D eigenvalue weighted by atomic mass is 10.2. The molecule has 2 N–H and O–H groups in total. The summed E-state index contributed by atoms with van der Waals surface area (Å²) in [6.07, 6.45) is 4.35. The average molecular weight is 226 g/mol. The van der Waals surface area contributed by atoms with Crippen LogP contribution in [0.1, 0.15) is 37.3 Å². The van der Waals surface area contributed by atoms with Gasteiger partial charge < -0.3 is 15.0 Å². The van der Waals surface area contributed by atoms with Crippen LogP contribution in [0.15, 0.2) is 0 Å². The predicted octanol–water partition coefficient (Wildman–Crippen LogP) is 0.766. The second-order valence-corrected chi connectivity index (χ2v) is 4.04. The molecule has 0 radical (unpaired) electrons. The lowest BCUT2D eigenvalue weighted by molar-refractivity contribution is 0.282. The fourth-order valence-electron chi connectivity index (χ4n) is 1.52. The molecule has 92 valence electrons. The molecule has 0 aromatic carbocycles. The Morgan fingerprint density at radius 1 is 1.19 bits per heavy atom. The molecule has 0 aliphatic heterocycles. The van der Waals surface area contributed by atoms with Crippen LogP contribution in [-0.4, -0.2) is 33.0 Å². The van der Waals surface area contributed by atoms with Crippen molar-refractivity contribution >= 4 is 0 Å². The number of aryl methyl sites for hydroxylation is 1. The van der Waals surface area contributed by atoms with Crippen LogP contribution in [0.2, 0.25) is 0 Å². The normalized spacial score (nSPS) is 10.9. The van der Waals surface area contributed by atoms with Gasteiger partial charge in [-0.15, -0.1) is 10.2 Å².